The van der Waals surface area contributed by atoms with Gasteiger partial charge in [0, 0.05) is 18.7 Å². The average molecular weight is 333 g/mol. The third-order valence-electron chi connectivity index (χ3n) is 5.81. The summed E-state index contributed by atoms with van der Waals surface area (Å²) >= 11 is 0. The Morgan fingerprint density at radius 1 is 1.38 bits per heavy atom. The summed E-state index contributed by atoms with van der Waals surface area (Å²) in [6.45, 7) is 6.42. The van der Waals surface area contributed by atoms with Gasteiger partial charge in [0.1, 0.15) is 5.82 Å². The molecule has 3 aliphatic rings. The lowest BCUT2D eigenvalue weighted by Gasteiger charge is -2.56. The standard InChI is InChI=1S/C20H28FNO2/c1-20(2)16-8-7-15(18(20)9-16)12-24-13-17(23)11-22-10-14-5-3-4-6-19(14)21/h3-7,16-18,22-23H,8-13H2,1-2H3/t16-,17+,18+/m0/s1. The van der Waals surface area contributed by atoms with Gasteiger partial charge in [-0.05, 0) is 41.7 Å². The minimum absolute atomic E-state index is 0.221. The number of aliphatic hydroxyl groups is 1. The number of rotatable bonds is 8. The summed E-state index contributed by atoms with van der Waals surface area (Å²) in [4.78, 5) is 0. The summed E-state index contributed by atoms with van der Waals surface area (Å²) < 4.78 is 19.2. The predicted octanol–water partition coefficient (Wildman–Crippen LogP) is 3.29. The lowest BCUT2D eigenvalue weighted by Crippen LogP contribution is -2.48. The molecule has 0 amide bonds. The molecule has 0 radical (unpaired) electrons. The van der Waals surface area contributed by atoms with Crippen molar-refractivity contribution in [3.63, 3.8) is 0 Å². The van der Waals surface area contributed by atoms with Crippen LogP contribution in [0.3, 0.4) is 0 Å². The van der Waals surface area contributed by atoms with Crippen molar-refractivity contribution in [2.75, 3.05) is 19.8 Å². The quantitative estimate of drug-likeness (QED) is 0.717. The number of hydrogen-bond donors (Lipinski definition) is 2. The number of fused-ring (bicyclic) bond motifs is 1. The Kier molecular flexibility index (Phi) is 5.38. The molecule has 1 saturated carbocycles. The van der Waals surface area contributed by atoms with Crippen molar-refractivity contribution in [1.29, 1.82) is 0 Å². The Morgan fingerprint density at radius 2 is 2.17 bits per heavy atom. The van der Waals surface area contributed by atoms with Crippen molar-refractivity contribution in [3.05, 3.63) is 47.3 Å². The van der Waals surface area contributed by atoms with Gasteiger partial charge >= 0.3 is 0 Å². The maximum Gasteiger partial charge on any atom is 0.127 e. The van der Waals surface area contributed by atoms with Gasteiger partial charge in [-0.1, -0.05) is 38.1 Å². The topological polar surface area (TPSA) is 41.5 Å². The average Bonchev–Trinajstić information content (AvgIpc) is 2.56. The first-order valence-electron chi connectivity index (χ1n) is 8.87. The summed E-state index contributed by atoms with van der Waals surface area (Å²) in [5, 5.41) is 13.1. The number of halogens is 1. The normalized spacial score (nSPS) is 25.8. The van der Waals surface area contributed by atoms with Crippen molar-refractivity contribution in [1.82, 2.24) is 5.32 Å². The summed E-state index contributed by atoms with van der Waals surface area (Å²) in [5.74, 6) is 1.26. The van der Waals surface area contributed by atoms with E-state index in [9.17, 15) is 9.50 Å². The van der Waals surface area contributed by atoms with E-state index in [4.69, 9.17) is 4.74 Å². The van der Waals surface area contributed by atoms with Crippen LogP contribution in [0.25, 0.3) is 0 Å². The monoisotopic (exact) mass is 333 g/mol. The number of ether oxygens (including phenoxy) is 1. The van der Waals surface area contributed by atoms with Crippen molar-refractivity contribution >= 4 is 0 Å². The van der Waals surface area contributed by atoms with E-state index < -0.39 is 6.10 Å². The Morgan fingerprint density at radius 3 is 2.88 bits per heavy atom. The molecule has 0 aliphatic heterocycles. The SMILES string of the molecule is CC1(C)[C@H]2CC=C(COC[C@H](O)CNCc3ccccc3F)[C@H]1C2. The third-order valence-corrected chi connectivity index (χ3v) is 5.81. The van der Waals surface area contributed by atoms with Gasteiger partial charge < -0.3 is 15.2 Å². The molecule has 24 heavy (non-hydrogen) atoms. The van der Waals surface area contributed by atoms with E-state index >= 15 is 0 Å². The third kappa shape index (κ3) is 3.71. The molecule has 3 atom stereocenters. The van der Waals surface area contributed by atoms with E-state index in [1.807, 2.05) is 6.07 Å². The molecular weight excluding hydrogens is 305 g/mol. The van der Waals surface area contributed by atoms with Gasteiger partial charge in [0.25, 0.3) is 0 Å². The molecule has 0 heterocycles. The first kappa shape index (κ1) is 17.6. The second-order valence-corrected chi connectivity index (χ2v) is 7.71. The number of benzene rings is 1. The van der Waals surface area contributed by atoms with Gasteiger partial charge in [0.2, 0.25) is 0 Å². The molecule has 4 rings (SSSR count). The van der Waals surface area contributed by atoms with E-state index in [0.29, 0.717) is 43.2 Å². The molecule has 1 aromatic carbocycles. The summed E-state index contributed by atoms with van der Waals surface area (Å²) in [6, 6.07) is 6.67. The Bertz CT molecular complexity index is 599. The fourth-order valence-electron chi connectivity index (χ4n) is 4.03. The highest BCUT2D eigenvalue weighted by atomic mass is 19.1. The van der Waals surface area contributed by atoms with Crippen molar-refractivity contribution in [3.8, 4) is 0 Å². The number of nitrogens with one attached hydrogen (secondary N) is 1. The molecule has 0 saturated heterocycles. The Labute approximate surface area is 143 Å². The zero-order chi connectivity index (χ0) is 17.2. The van der Waals surface area contributed by atoms with E-state index in [2.05, 4.69) is 25.2 Å². The molecule has 132 valence electrons. The first-order chi connectivity index (χ1) is 11.5. The van der Waals surface area contributed by atoms with Crippen LogP contribution in [0.15, 0.2) is 35.9 Å². The lowest BCUT2D eigenvalue weighted by molar-refractivity contribution is -0.0235. The highest BCUT2D eigenvalue weighted by Crippen LogP contribution is 2.59. The van der Waals surface area contributed by atoms with Crippen LogP contribution in [0, 0.1) is 23.1 Å². The van der Waals surface area contributed by atoms with Crippen LogP contribution in [-0.2, 0) is 11.3 Å². The summed E-state index contributed by atoms with van der Waals surface area (Å²) in [5.41, 5.74) is 2.42. The van der Waals surface area contributed by atoms with Crippen molar-refractivity contribution < 1.29 is 14.2 Å². The minimum atomic E-state index is -0.580. The molecule has 0 unspecified atom stereocenters. The zero-order valence-electron chi connectivity index (χ0n) is 14.6. The fourth-order valence-corrected chi connectivity index (χ4v) is 4.03. The van der Waals surface area contributed by atoms with Crippen LogP contribution in [0.1, 0.15) is 32.3 Å². The van der Waals surface area contributed by atoms with E-state index in [1.54, 1.807) is 12.1 Å². The zero-order valence-corrected chi connectivity index (χ0v) is 14.6. The molecule has 0 aromatic heterocycles. The first-order valence-corrected chi connectivity index (χ1v) is 8.87. The van der Waals surface area contributed by atoms with Crippen molar-refractivity contribution in [2.45, 2.75) is 39.3 Å². The maximum absolute atomic E-state index is 13.5. The predicted molar refractivity (Wildman–Crippen MR) is 93.0 cm³/mol. The van der Waals surface area contributed by atoms with E-state index in [0.717, 1.165) is 12.3 Å². The molecule has 2 N–H and O–H groups in total. The smallest absolute Gasteiger partial charge is 0.127 e. The van der Waals surface area contributed by atoms with Crippen molar-refractivity contribution in [2.24, 2.45) is 17.3 Å². The number of hydrogen-bond acceptors (Lipinski definition) is 3. The number of aliphatic hydroxyl groups excluding tert-OH is 1. The highest BCUT2D eigenvalue weighted by Gasteiger charge is 2.50. The van der Waals surface area contributed by atoms with Gasteiger partial charge in [-0.3, -0.25) is 0 Å². The summed E-state index contributed by atoms with van der Waals surface area (Å²) in [6.07, 6.45) is 4.19. The van der Waals surface area contributed by atoms with Crippen LogP contribution in [0.4, 0.5) is 4.39 Å². The fraction of sp³-hybridized carbons (Fsp3) is 0.600. The molecule has 1 fully saturated rings. The molecular formula is C20H28FNO2. The van der Waals surface area contributed by atoms with Crippen LogP contribution < -0.4 is 5.32 Å². The van der Waals surface area contributed by atoms with Crippen LogP contribution >= 0.6 is 0 Å². The van der Waals surface area contributed by atoms with E-state index in [-0.39, 0.29) is 5.82 Å². The van der Waals surface area contributed by atoms with Crippen LogP contribution in [0.2, 0.25) is 0 Å². The van der Waals surface area contributed by atoms with E-state index in [1.165, 1.54) is 18.1 Å². The molecule has 3 aliphatic carbocycles. The molecule has 2 bridgehead atoms. The lowest BCUT2D eigenvalue weighted by atomic mass is 9.49. The highest BCUT2D eigenvalue weighted by molar-refractivity contribution is 5.23. The Hall–Kier alpha value is -1.23. The van der Waals surface area contributed by atoms with Crippen LogP contribution in [-0.4, -0.2) is 31.0 Å². The minimum Gasteiger partial charge on any atom is -0.389 e. The van der Waals surface area contributed by atoms with Gasteiger partial charge in [0.15, 0.2) is 0 Å². The summed E-state index contributed by atoms with van der Waals surface area (Å²) in [7, 11) is 0. The second-order valence-electron chi connectivity index (χ2n) is 7.71. The molecule has 1 aromatic rings. The molecule has 3 nitrogen and oxygen atoms in total. The van der Waals surface area contributed by atoms with Gasteiger partial charge in [-0.2, -0.15) is 0 Å². The molecule has 0 spiro atoms. The van der Waals surface area contributed by atoms with Gasteiger partial charge in [-0.25, -0.2) is 4.39 Å². The molecule has 4 heteroatoms. The Balaban J connectivity index is 1.34. The maximum atomic E-state index is 13.5. The largest absolute Gasteiger partial charge is 0.389 e. The second kappa shape index (κ2) is 7.34. The van der Waals surface area contributed by atoms with Gasteiger partial charge in [0.05, 0.1) is 19.3 Å². The number of allylic oxidation sites excluding steroid dienone is 1. The van der Waals surface area contributed by atoms with Crippen LogP contribution in [0.5, 0.6) is 0 Å². The van der Waals surface area contributed by atoms with Gasteiger partial charge in [-0.15, -0.1) is 0 Å².